The normalized spacial score (nSPS) is 9.85. The Bertz CT molecular complexity index is 350. The summed E-state index contributed by atoms with van der Waals surface area (Å²) in [6, 6.07) is 2.54. The van der Waals surface area contributed by atoms with Gasteiger partial charge in [-0.1, -0.05) is 11.6 Å². The van der Waals surface area contributed by atoms with Crippen LogP contribution in [-0.2, 0) is 4.74 Å². The standard InChI is InChI=1S/C9H8ClFO2/c1-5-6(10)3-4-7(11)8(5)9(12)13-2/h3-4H,1-2H3. The molecule has 0 aliphatic rings. The zero-order chi connectivity index (χ0) is 10.0. The second-order valence-electron chi connectivity index (χ2n) is 2.52. The summed E-state index contributed by atoms with van der Waals surface area (Å²) < 4.78 is 17.5. The number of halogens is 2. The smallest absolute Gasteiger partial charge is 0.341 e. The van der Waals surface area contributed by atoms with Crippen LogP contribution < -0.4 is 0 Å². The number of rotatable bonds is 1. The third-order valence-electron chi connectivity index (χ3n) is 1.74. The number of methoxy groups -OCH3 is 1. The van der Waals surface area contributed by atoms with Crippen molar-refractivity contribution >= 4 is 17.6 Å². The van der Waals surface area contributed by atoms with Gasteiger partial charge in [0.25, 0.3) is 0 Å². The largest absolute Gasteiger partial charge is 0.465 e. The molecule has 0 aliphatic heterocycles. The number of ether oxygens (including phenoxy) is 1. The maximum absolute atomic E-state index is 13.1. The second-order valence-corrected chi connectivity index (χ2v) is 2.93. The van der Waals surface area contributed by atoms with Crippen molar-refractivity contribution in [2.24, 2.45) is 0 Å². The van der Waals surface area contributed by atoms with Gasteiger partial charge < -0.3 is 4.74 Å². The van der Waals surface area contributed by atoms with Crippen molar-refractivity contribution in [1.29, 1.82) is 0 Å². The van der Waals surface area contributed by atoms with Crippen molar-refractivity contribution in [3.63, 3.8) is 0 Å². The molecular weight excluding hydrogens is 195 g/mol. The van der Waals surface area contributed by atoms with Crippen molar-refractivity contribution in [2.75, 3.05) is 7.11 Å². The van der Waals surface area contributed by atoms with Crippen molar-refractivity contribution in [3.8, 4) is 0 Å². The molecule has 0 spiro atoms. The van der Waals surface area contributed by atoms with Crippen LogP contribution in [0.4, 0.5) is 4.39 Å². The van der Waals surface area contributed by atoms with Crippen LogP contribution >= 0.6 is 11.6 Å². The van der Waals surface area contributed by atoms with E-state index in [1.807, 2.05) is 0 Å². The molecule has 0 radical (unpaired) electrons. The topological polar surface area (TPSA) is 26.3 Å². The van der Waals surface area contributed by atoms with E-state index in [2.05, 4.69) is 4.74 Å². The van der Waals surface area contributed by atoms with E-state index in [9.17, 15) is 9.18 Å². The molecule has 0 saturated carbocycles. The molecule has 13 heavy (non-hydrogen) atoms. The van der Waals surface area contributed by atoms with Crippen LogP contribution in [0.25, 0.3) is 0 Å². The highest BCUT2D eigenvalue weighted by molar-refractivity contribution is 6.31. The van der Waals surface area contributed by atoms with Gasteiger partial charge in [-0.2, -0.15) is 0 Å². The minimum Gasteiger partial charge on any atom is -0.465 e. The molecule has 1 aromatic carbocycles. The number of carbonyl (C=O) groups excluding carboxylic acids is 1. The summed E-state index contributed by atoms with van der Waals surface area (Å²) in [5.41, 5.74) is 0.295. The van der Waals surface area contributed by atoms with Gasteiger partial charge in [0.2, 0.25) is 0 Å². The van der Waals surface area contributed by atoms with Crippen molar-refractivity contribution < 1.29 is 13.9 Å². The van der Waals surface area contributed by atoms with Crippen LogP contribution in [0.2, 0.25) is 5.02 Å². The van der Waals surface area contributed by atoms with E-state index < -0.39 is 11.8 Å². The molecule has 0 unspecified atom stereocenters. The molecule has 70 valence electrons. The molecule has 0 aromatic heterocycles. The molecule has 1 rings (SSSR count). The van der Waals surface area contributed by atoms with E-state index in [1.54, 1.807) is 6.92 Å². The molecule has 0 atom stereocenters. The lowest BCUT2D eigenvalue weighted by Crippen LogP contribution is -2.07. The Morgan fingerprint density at radius 2 is 2.15 bits per heavy atom. The molecule has 1 aromatic rings. The first-order valence-electron chi connectivity index (χ1n) is 3.61. The van der Waals surface area contributed by atoms with Gasteiger partial charge in [-0.25, -0.2) is 9.18 Å². The van der Waals surface area contributed by atoms with Gasteiger partial charge in [-0.15, -0.1) is 0 Å². The molecule has 0 aliphatic carbocycles. The number of benzene rings is 1. The highest BCUT2D eigenvalue weighted by atomic mass is 35.5. The van der Waals surface area contributed by atoms with Gasteiger partial charge in [-0.05, 0) is 24.6 Å². The monoisotopic (exact) mass is 202 g/mol. The minimum atomic E-state index is -0.711. The Balaban J connectivity index is 3.33. The van der Waals surface area contributed by atoms with Crippen molar-refractivity contribution in [3.05, 3.63) is 34.1 Å². The number of hydrogen-bond donors (Lipinski definition) is 0. The highest BCUT2D eigenvalue weighted by Crippen LogP contribution is 2.22. The molecular formula is C9H8ClFO2. The maximum Gasteiger partial charge on any atom is 0.341 e. The Hall–Kier alpha value is -1.09. The fourth-order valence-corrected chi connectivity index (χ4v) is 1.16. The fraction of sp³-hybridized carbons (Fsp3) is 0.222. The van der Waals surface area contributed by atoms with Gasteiger partial charge in [0, 0.05) is 5.02 Å². The lowest BCUT2D eigenvalue weighted by molar-refractivity contribution is 0.0594. The summed E-state index contributed by atoms with van der Waals surface area (Å²) in [5, 5.41) is 0.349. The average Bonchev–Trinajstić information content (AvgIpc) is 2.12. The van der Waals surface area contributed by atoms with E-state index in [4.69, 9.17) is 11.6 Å². The molecule has 0 bridgehead atoms. The Labute approximate surface area is 80.3 Å². The van der Waals surface area contributed by atoms with Crippen LogP contribution in [0.1, 0.15) is 15.9 Å². The van der Waals surface area contributed by atoms with Gasteiger partial charge in [0.05, 0.1) is 12.7 Å². The van der Waals surface area contributed by atoms with E-state index >= 15 is 0 Å². The van der Waals surface area contributed by atoms with Crippen molar-refractivity contribution in [1.82, 2.24) is 0 Å². The number of hydrogen-bond acceptors (Lipinski definition) is 2. The summed E-state index contributed by atoms with van der Waals surface area (Å²) in [6.45, 7) is 1.57. The number of carbonyl (C=O) groups is 1. The predicted molar refractivity (Wildman–Crippen MR) is 47.5 cm³/mol. The average molecular weight is 203 g/mol. The van der Waals surface area contributed by atoms with E-state index in [-0.39, 0.29) is 5.56 Å². The Kier molecular flexibility index (Phi) is 2.88. The van der Waals surface area contributed by atoms with Gasteiger partial charge >= 0.3 is 5.97 Å². The molecule has 0 fully saturated rings. The molecule has 0 N–H and O–H groups in total. The SMILES string of the molecule is COC(=O)c1c(F)ccc(Cl)c1C. The summed E-state index contributed by atoms with van der Waals surface area (Å²) in [4.78, 5) is 11.1. The van der Waals surface area contributed by atoms with Crippen molar-refractivity contribution in [2.45, 2.75) is 6.92 Å². The van der Waals surface area contributed by atoms with Crippen LogP contribution in [0.3, 0.4) is 0 Å². The van der Waals surface area contributed by atoms with Gasteiger partial charge in [0.1, 0.15) is 5.82 Å². The Morgan fingerprint density at radius 1 is 1.54 bits per heavy atom. The van der Waals surface area contributed by atoms with Crippen LogP contribution in [0.15, 0.2) is 12.1 Å². The summed E-state index contributed by atoms with van der Waals surface area (Å²) in [6.07, 6.45) is 0. The minimum absolute atomic E-state index is 0.102. The highest BCUT2D eigenvalue weighted by Gasteiger charge is 2.16. The van der Waals surface area contributed by atoms with Crippen LogP contribution in [-0.4, -0.2) is 13.1 Å². The first-order chi connectivity index (χ1) is 6.07. The molecule has 2 nitrogen and oxygen atoms in total. The Morgan fingerprint density at radius 3 is 2.69 bits per heavy atom. The molecule has 0 saturated heterocycles. The van der Waals surface area contributed by atoms with E-state index in [1.165, 1.54) is 13.2 Å². The quantitative estimate of drug-likeness (QED) is 0.655. The lowest BCUT2D eigenvalue weighted by Gasteiger charge is -2.05. The van der Waals surface area contributed by atoms with Gasteiger partial charge in [-0.3, -0.25) is 0 Å². The van der Waals surface area contributed by atoms with E-state index in [0.717, 1.165) is 6.07 Å². The molecule has 0 amide bonds. The first kappa shape index (κ1) is 9.99. The van der Waals surface area contributed by atoms with E-state index in [0.29, 0.717) is 10.6 Å². The first-order valence-corrected chi connectivity index (χ1v) is 3.98. The molecule has 4 heteroatoms. The van der Waals surface area contributed by atoms with Crippen LogP contribution in [0, 0.1) is 12.7 Å². The maximum atomic E-state index is 13.1. The molecule has 0 heterocycles. The third kappa shape index (κ3) is 1.80. The van der Waals surface area contributed by atoms with Gasteiger partial charge in [0.15, 0.2) is 0 Å². The lowest BCUT2D eigenvalue weighted by atomic mass is 10.1. The second kappa shape index (κ2) is 3.75. The summed E-state index contributed by atoms with van der Waals surface area (Å²) in [5.74, 6) is -1.33. The zero-order valence-corrected chi connectivity index (χ0v) is 7.98. The third-order valence-corrected chi connectivity index (χ3v) is 2.15. The summed E-state index contributed by atoms with van der Waals surface area (Å²) >= 11 is 5.71. The van der Waals surface area contributed by atoms with Crippen LogP contribution in [0.5, 0.6) is 0 Å². The summed E-state index contributed by atoms with van der Waals surface area (Å²) in [7, 11) is 1.20. The zero-order valence-electron chi connectivity index (χ0n) is 7.23. The predicted octanol–water partition coefficient (Wildman–Crippen LogP) is 2.57. The fourth-order valence-electron chi connectivity index (χ4n) is 1.01. The number of esters is 1.